The van der Waals surface area contributed by atoms with E-state index in [4.69, 9.17) is 0 Å². The Morgan fingerprint density at radius 3 is 2.64 bits per heavy atom. The molecule has 0 N–H and O–H groups in total. The monoisotopic (exact) mass is 317 g/mol. The van der Waals surface area contributed by atoms with Crippen molar-refractivity contribution in [3.8, 4) is 0 Å². The van der Waals surface area contributed by atoms with Gasteiger partial charge in [0.1, 0.15) is 0 Å². The predicted octanol–water partition coefficient (Wildman–Crippen LogP) is 4.58. The van der Waals surface area contributed by atoms with E-state index in [2.05, 4.69) is 36.1 Å². The quantitative estimate of drug-likeness (QED) is 0.795. The summed E-state index contributed by atoms with van der Waals surface area (Å²) in [4.78, 5) is 14.9. The maximum absolute atomic E-state index is 12.7. The second kappa shape index (κ2) is 7.54. The zero-order valence-electron chi connectivity index (χ0n) is 13.6. The Hall–Kier alpha value is -0.960. The number of amides is 1. The summed E-state index contributed by atoms with van der Waals surface area (Å²) in [6.45, 7) is 4.06. The second-order valence-electron chi connectivity index (χ2n) is 6.66. The molecule has 0 bridgehead atoms. The zero-order chi connectivity index (χ0) is 15.4. The first-order valence-corrected chi connectivity index (χ1v) is 9.76. The average molecular weight is 317 g/mol. The molecule has 2 nitrogen and oxygen atoms in total. The van der Waals surface area contributed by atoms with Gasteiger partial charge in [-0.3, -0.25) is 4.79 Å². The average Bonchev–Trinajstić information content (AvgIpc) is 2.81. The molecule has 0 aromatic heterocycles. The minimum Gasteiger partial charge on any atom is -0.342 e. The first-order valence-electron chi connectivity index (χ1n) is 8.71. The molecule has 120 valence electrons. The number of aryl methyl sites for hydroxylation is 1. The van der Waals surface area contributed by atoms with Crippen LogP contribution in [0.25, 0.3) is 0 Å². The van der Waals surface area contributed by atoms with Crippen molar-refractivity contribution in [3.63, 3.8) is 0 Å². The molecular formula is C19H27NOS. The van der Waals surface area contributed by atoms with Crippen molar-refractivity contribution in [3.05, 3.63) is 35.4 Å². The van der Waals surface area contributed by atoms with Crippen LogP contribution in [-0.4, -0.2) is 29.6 Å². The molecule has 1 unspecified atom stereocenters. The van der Waals surface area contributed by atoms with Crippen molar-refractivity contribution < 1.29 is 4.79 Å². The molecule has 0 spiro atoms. The number of hydrogen-bond donors (Lipinski definition) is 0. The first-order chi connectivity index (χ1) is 10.8. The molecule has 1 saturated heterocycles. The van der Waals surface area contributed by atoms with Crippen LogP contribution in [0.3, 0.4) is 0 Å². The van der Waals surface area contributed by atoms with Crippen molar-refractivity contribution in [2.24, 2.45) is 5.92 Å². The van der Waals surface area contributed by atoms with Crippen molar-refractivity contribution in [2.75, 3.05) is 18.8 Å². The Bertz CT molecular complexity index is 510. The second-order valence-corrected chi connectivity index (χ2v) is 7.98. The number of hydrogen-bond acceptors (Lipinski definition) is 2. The standard InChI is InChI=1S/C19H27NOS/c1-15-7-5-6-10-17(15)18-11-12-20(13-14-22-18)19(21)16-8-3-2-4-9-16/h5-7,10,16,18H,2-4,8-9,11-14H2,1H3. The minimum atomic E-state index is 0.314. The van der Waals surface area contributed by atoms with Crippen LogP contribution in [0.4, 0.5) is 0 Å². The highest BCUT2D eigenvalue weighted by atomic mass is 32.2. The van der Waals surface area contributed by atoms with E-state index in [-0.39, 0.29) is 0 Å². The normalized spacial score (nSPS) is 24.0. The summed E-state index contributed by atoms with van der Waals surface area (Å²) in [7, 11) is 0. The van der Waals surface area contributed by atoms with Crippen LogP contribution in [-0.2, 0) is 4.79 Å². The van der Waals surface area contributed by atoms with Crippen LogP contribution in [0.2, 0.25) is 0 Å². The molecule has 2 fully saturated rings. The van der Waals surface area contributed by atoms with E-state index >= 15 is 0 Å². The van der Waals surface area contributed by atoms with Gasteiger partial charge in [0.25, 0.3) is 0 Å². The van der Waals surface area contributed by atoms with E-state index in [0.29, 0.717) is 17.1 Å². The molecule has 3 heteroatoms. The van der Waals surface area contributed by atoms with E-state index in [1.165, 1.54) is 30.4 Å². The number of nitrogens with zero attached hydrogens (tertiary/aromatic N) is 1. The smallest absolute Gasteiger partial charge is 0.225 e. The van der Waals surface area contributed by atoms with E-state index in [1.807, 2.05) is 11.8 Å². The van der Waals surface area contributed by atoms with Crippen molar-refractivity contribution in [1.29, 1.82) is 0 Å². The third-order valence-corrected chi connectivity index (χ3v) is 6.45. The van der Waals surface area contributed by atoms with Crippen LogP contribution >= 0.6 is 11.8 Å². The van der Waals surface area contributed by atoms with Gasteiger partial charge in [-0.25, -0.2) is 0 Å². The maximum Gasteiger partial charge on any atom is 0.225 e. The third kappa shape index (κ3) is 3.68. The summed E-state index contributed by atoms with van der Waals surface area (Å²) in [5.41, 5.74) is 2.84. The van der Waals surface area contributed by atoms with E-state index in [1.54, 1.807) is 0 Å². The Balaban J connectivity index is 1.62. The fourth-order valence-corrected chi connectivity index (χ4v) is 5.12. The summed E-state index contributed by atoms with van der Waals surface area (Å²) in [6, 6.07) is 8.70. The fraction of sp³-hybridized carbons (Fsp3) is 0.632. The van der Waals surface area contributed by atoms with Gasteiger partial charge in [-0.2, -0.15) is 11.8 Å². The van der Waals surface area contributed by atoms with Crippen LogP contribution in [0, 0.1) is 12.8 Å². The molecule has 2 aliphatic rings. The van der Waals surface area contributed by atoms with E-state index < -0.39 is 0 Å². The highest BCUT2D eigenvalue weighted by Crippen LogP contribution is 2.36. The predicted molar refractivity (Wildman–Crippen MR) is 94.2 cm³/mol. The van der Waals surface area contributed by atoms with Crippen LogP contribution < -0.4 is 0 Å². The summed E-state index contributed by atoms with van der Waals surface area (Å²) in [5.74, 6) is 1.82. The molecule has 3 rings (SSSR count). The van der Waals surface area contributed by atoms with Gasteiger partial charge in [0.05, 0.1) is 0 Å². The lowest BCUT2D eigenvalue weighted by Crippen LogP contribution is -2.38. The summed E-state index contributed by atoms with van der Waals surface area (Å²) in [5, 5.41) is 0.547. The molecule has 1 aromatic rings. The Labute approximate surface area is 138 Å². The molecule has 1 atom stereocenters. The SMILES string of the molecule is Cc1ccccc1C1CCN(C(=O)C2CCCCC2)CCS1. The van der Waals surface area contributed by atoms with Gasteiger partial charge in [0, 0.05) is 30.0 Å². The number of rotatable bonds is 2. The minimum absolute atomic E-state index is 0.314. The van der Waals surface area contributed by atoms with Crippen molar-refractivity contribution >= 4 is 17.7 Å². The first kappa shape index (κ1) is 15.9. The summed E-state index contributed by atoms with van der Waals surface area (Å²) >= 11 is 2.03. The lowest BCUT2D eigenvalue weighted by atomic mass is 9.88. The van der Waals surface area contributed by atoms with Crippen molar-refractivity contribution in [1.82, 2.24) is 4.90 Å². The molecule has 1 aliphatic carbocycles. The van der Waals surface area contributed by atoms with Crippen LogP contribution in [0.5, 0.6) is 0 Å². The summed E-state index contributed by atoms with van der Waals surface area (Å²) in [6.07, 6.45) is 7.12. The highest BCUT2D eigenvalue weighted by Gasteiger charge is 2.28. The highest BCUT2D eigenvalue weighted by molar-refractivity contribution is 7.99. The van der Waals surface area contributed by atoms with Gasteiger partial charge in [-0.05, 0) is 37.3 Å². The van der Waals surface area contributed by atoms with Gasteiger partial charge < -0.3 is 4.90 Å². The lowest BCUT2D eigenvalue weighted by molar-refractivity contribution is -0.136. The molecule has 1 heterocycles. The van der Waals surface area contributed by atoms with E-state index in [0.717, 1.165) is 38.1 Å². The maximum atomic E-state index is 12.7. The molecule has 1 saturated carbocycles. The third-order valence-electron chi connectivity index (χ3n) is 5.14. The largest absolute Gasteiger partial charge is 0.342 e. The number of thioether (sulfide) groups is 1. The van der Waals surface area contributed by atoms with Gasteiger partial charge in [0.15, 0.2) is 0 Å². The lowest BCUT2D eigenvalue weighted by Gasteiger charge is -2.28. The van der Waals surface area contributed by atoms with Gasteiger partial charge >= 0.3 is 0 Å². The number of carbonyl (C=O) groups is 1. The number of carbonyl (C=O) groups excluding carboxylic acids is 1. The Kier molecular flexibility index (Phi) is 5.46. The Morgan fingerprint density at radius 2 is 1.86 bits per heavy atom. The van der Waals surface area contributed by atoms with Crippen molar-refractivity contribution in [2.45, 2.75) is 50.7 Å². The van der Waals surface area contributed by atoms with Crippen LogP contribution in [0.15, 0.2) is 24.3 Å². The van der Waals surface area contributed by atoms with E-state index in [9.17, 15) is 4.79 Å². The molecule has 1 amide bonds. The molecule has 1 aromatic carbocycles. The Morgan fingerprint density at radius 1 is 1.09 bits per heavy atom. The fourth-order valence-electron chi connectivity index (χ4n) is 3.79. The number of benzene rings is 1. The zero-order valence-corrected chi connectivity index (χ0v) is 14.4. The van der Waals surface area contributed by atoms with Gasteiger partial charge in [0.2, 0.25) is 5.91 Å². The molecular weight excluding hydrogens is 290 g/mol. The van der Waals surface area contributed by atoms with Crippen LogP contribution in [0.1, 0.15) is 54.9 Å². The molecule has 0 radical (unpaired) electrons. The van der Waals surface area contributed by atoms with Gasteiger partial charge in [-0.15, -0.1) is 0 Å². The topological polar surface area (TPSA) is 20.3 Å². The van der Waals surface area contributed by atoms with Gasteiger partial charge in [-0.1, -0.05) is 43.5 Å². The molecule has 1 aliphatic heterocycles. The summed E-state index contributed by atoms with van der Waals surface area (Å²) < 4.78 is 0. The molecule has 22 heavy (non-hydrogen) atoms.